The van der Waals surface area contributed by atoms with E-state index in [9.17, 15) is 0 Å². The fourth-order valence-corrected chi connectivity index (χ4v) is 1.13. The van der Waals surface area contributed by atoms with E-state index in [2.05, 4.69) is 39.0 Å². The SMILES string of the molecule is CCC1=CCC(C)(C)C=C1. The third kappa shape index (κ3) is 1.73. The second-order valence-electron chi connectivity index (χ2n) is 3.66. The van der Waals surface area contributed by atoms with E-state index in [1.165, 1.54) is 18.4 Å². The van der Waals surface area contributed by atoms with Crippen LogP contribution in [0.2, 0.25) is 0 Å². The van der Waals surface area contributed by atoms with Crippen molar-refractivity contribution < 1.29 is 0 Å². The second kappa shape index (κ2) is 2.61. The molecule has 1 aliphatic carbocycles. The summed E-state index contributed by atoms with van der Waals surface area (Å²) in [7, 11) is 0. The molecule has 1 rings (SSSR count). The number of allylic oxidation sites excluding steroid dienone is 4. The molecule has 0 aromatic rings. The predicted octanol–water partition coefficient (Wildman–Crippen LogP) is 3.31. The molecule has 1 aliphatic rings. The fourth-order valence-electron chi connectivity index (χ4n) is 1.13. The van der Waals surface area contributed by atoms with E-state index in [-0.39, 0.29) is 0 Å². The monoisotopic (exact) mass is 136 g/mol. The number of rotatable bonds is 1. The normalized spacial score (nSPS) is 22.5. The Morgan fingerprint density at radius 2 is 2.20 bits per heavy atom. The van der Waals surface area contributed by atoms with E-state index >= 15 is 0 Å². The van der Waals surface area contributed by atoms with Crippen LogP contribution in [0.25, 0.3) is 0 Å². The summed E-state index contributed by atoms with van der Waals surface area (Å²) in [6.45, 7) is 6.74. The summed E-state index contributed by atoms with van der Waals surface area (Å²) in [6, 6.07) is 0. The van der Waals surface area contributed by atoms with Gasteiger partial charge in [0.2, 0.25) is 0 Å². The van der Waals surface area contributed by atoms with Crippen molar-refractivity contribution in [2.75, 3.05) is 0 Å². The van der Waals surface area contributed by atoms with Gasteiger partial charge >= 0.3 is 0 Å². The predicted molar refractivity (Wildman–Crippen MR) is 45.9 cm³/mol. The van der Waals surface area contributed by atoms with Crippen LogP contribution < -0.4 is 0 Å². The van der Waals surface area contributed by atoms with Gasteiger partial charge < -0.3 is 0 Å². The van der Waals surface area contributed by atoms with Crippen LogP contribution in [-0.2, 0) is 0 Å². The molecule has 0 saturated carbocycles. The maximum atomic E-state index is 2.35. The summed E-state index contributed by atoms with van der Waals surface area (Å²) in [5.74, 6) is 0. The van der Waals surface area contributed by atoms with Gasteiger partial charge in [0.1, 0.15) is 0 Å². The van der Waals surface area contributed by atoms with Crippen LogP contribution >= 0.6 is 0 Å². The molecule has 10 heavy (non-hydrogen) atoms. The van der Waals surface area contributed by atoms with Gasteiger partial charge in [0.15, 0.2) is 0 Å². The lowest BCUT2D eigenvalue weighted by Crippen LogP contribution is -2.08. The van der Waals surface area contributed by atoms with Crippen molar-refractivity contribution in [3.05, 3.63) is 23.8 Å². The first kappa shape index (κ1) is 7.59. The van der Waals surface area contributed by atoms with Crippen molar-refractivity contribution in [3.8, 4) is 0 Å². The lowest BCUT2D eigenvalue weighted by atomic mass is 9.84. The fraction of sp³-hybridized carbons (Fsp3) is 0.600. The largest absolute Gasteiger partial charge is 0.0805 e. The van der Waals surface area contributed by atoms with Crippen LogP contribution in [0.15, 0.2) is 23.8 Å². The molecule has 0 saturated heterocycles. The minimum atomic E-state index is 0.401. The summed E-state index contributed by atoms with van der Waals surface area (Å²) in [6.07, 6.45) is 9.29. The van der Waals surface area contributed by atoms with Crippen molar-refractivity contribution in [2.45, 2.75) is 33.6 Å². The van der Waals surface area contributed by atoms with Crippen molar-refractivity contribution >= 4 is 0 Å². The zero-order chi connectivity index (χ0) is 7.61. The molecule has 0 aliphatic heterocycles. The van der Waals surface area contributed by atoms with Gasteiger partial charge in [-0.05, 0) is 18.3 Å². The molecular weight excluding hydrogens is 120 g/mol. The van der Waals surface area contributed by atoms with Crippen LogP contribution in [0.5, 0.6) is 0 Å². The van der Waals surface area contributed by atoms with E-state index in [0.717, 1.165) is 0 Å². The van der Waals surface area contributed by atoms with E-state index < -0.39 is 0 Å². The van der Waals surface area contributed by atoms with Gasteiger partial charge in [0.05, 0.1) is 0 Å². The molecule has 0 radical (unpaired) electrons. The van der Waals surface area contributed by atoms with Gasteiger partial charge in [-0.3, -0.25) is 0 Å². The van der Waals surface area contributed by atoms with Crippen LogP contribution in [0.1, 0.15) is 33.6 Å². The molecule has 0 aromatic heterocycles. The number of hydrogen-bond donors (Lipinski definition) is 0. The first-order valence-corrected chi connectivity index (χ1v) is 4.02. The van der Waals surface area contributed by atoms with Gasteiger partial charge in [-0.15, -0.1) is 0 Å². The molecule has 0 fully saturated rings. The smallest absolute Gasteiger partial charge is 0.0137 e. The van der Waals surface area contributed by atoms with Gasteiger partial charge in [-0.2, -0.15) is 0 Å². The van der Waals surface area contributed by atoms with E-state index in [1.807, 2.05) is 0 Å². The Bertz CT molecular complexity index is 170. The minimum absolute atomic E-state index is 0.401. The molecule has 0 heteroatoms. The highest BCUT2D eigenvalue weighted by Gasteiger charge is 2.14. The van der Waals surface area contributed by atoms with Crippen molar-refractivity contribution in [2.24, 2.45) is 5.41 Å². The van der Waals surface area contributed by atoms with Crippen LogP contribution in [-0.4, -0.2) is 0 Å². The maximum absolute atomic E-state index is 2.35. The minimum Gasteiger partial charge on any atom is -0.0805 e. The lowest BCUT2D eigenvalue weighted by molar-refractivity contribution is 0.481. The highest BCUT2D eigenvalue weighted by atomic mass is 14.2. The van der Waals surface area contributed by atoms with Crippen LogP contribution in [0, 0.1) is 5.41 Å². The Hall–Kier alpha value is -0.520. The Labute approximate surface area is 63.6 Å². The topological polar surface area (TPSA) is 0 Å². The second-order valence-corrected chi connectivity index (χ2v) is 3.66. The molecule has 0 bridgehead atoms. The molecule has 0 heterocycles. The zero-order valence-corrected chi connectivity index (χ0v) is 7.15. The molecule has 0 unspecified atom stereocenters. The first-order chi connectivity index (χ1) is 4.64. The van der Waals surface area contributed by atoms with Crippen molar-refractivity contribution in [3.63, 3.8) is 0 Å². The Kier molecular flexibility index (Phi) is 1.98. The molecule has 0 nitrogen and oxygen atoms in total. The quantitative estimate of drug-likeness (QED) is 0.518. The van der Waals surface area contributed by atoms with Gasteiger partial charge in [-0.1, -0.05) is 44.6 Å². The third-order valence-corrected chi connectivity index (χ3v) is 2.05. The summed E-state index contributed by atoms with van der Waals surface area (Å²) in [4.78, 5) is 0. The molecule has 0 N–H and O–H groups in total. The van der Waals surface area contributed by atoms with Crippen LogP contribution in [0.3, 0.4) is 0 Å². The average molecular weight is 136 g/mol. The summed E-state index contributed by atoms with van der Waals surface area (Å²) < 4.78 is 0. The Balaban J connectivity index is 2.63. The van der Waals surface area contributed by atoms with Crippen LogP contribution in [0.4, 0.5) is 0 Å². The van der Waals surface area contributed by atoms with Gasteiger partial charge in [0.25, 0.3) is 0 Å². The maximum Gasteiger partial charge on any atom is -0.0137 e. The molecule has 56 valence electrons. The zero-order valence-electron chi connectivity index (χ0n) is 7.15. The van der Waals surface area contributed by atoms with E-state index in [4.69, 9.17) is 0 Å². The van der Waals surface area contributed by atoms with Gasteiger partial charge in [0, 0.05) is 0 Å². The van der Waals surface area contributed by atoms with Crippen molar-refractivity contribution in [1.29, 1.82) is 0 Å². The van der Waals surface area contributed by atoms with E-state index in [1.54, 1.807) is 0 Å². The standard InChI is InChI=1S/C10H16/c1-4-9-5-7-10(2,3)8-6-9/h5-7H,4,8H2,1-3H3. The Morgan fingerprint density at radius 1 is 1.50 bits per heavy atom. The lowest BCUT2D eigenvalue weighted by Gasteiger charge is -2.22. The molecule has 0 amide bonds. The molecule has 0 aromatic carbocycles. The average Bonchev–Trinajstić information content (AvgIpc) is 1.88. The molecule has 0 spiro atoms. The Morgan fingerprint density at radius 3 is 2.60 bits per heavy atom. The van der Waals surface area contributed by atoms with Crippen molar-refractivity contribution in [1.82, 2.24) is 0 Å². The number of hydrogen-bond acceptors (Lipinski definition) is 0. The highest BCUT2D eigenvalue weighted by molar-refractivity contribution is 5.25. The highest BCUT2D eigenvalue weighted by Crippen LogP contribution is 2.28. The van der Waals surface area contributed by atoms with E-state index in [0.29, 0.717) is 5.41 Å². The summed E-state index contributed by atoms with van der Waals surface area (Å²) in [5, 5.41) is 0. The van der Waals surface area contributed by atoms with Gasteiger partial charge in [-0.25, -0.2) is 0 Å². The summed E-state index contributed by atoms with van der Waals surface area (Å²) in [5.41, 5.74) is 1.89. The molecular formula is C10H16. The molecule has 0 atom stereocenters. The third-order valence-electron chi connectivity index (χ3n) is 2.05. The first-order valence-electron chi connectivity index (χ1n) is 4.02. The summed E-state index contributed by atoms with van der Waals surface area (Å²) >= 11 is 0.